The largest absolute Gasteiger partial charge is 1.00 e. The zero-order valence-corrected chi connectivity index (χ0v) is 14.1. The minimum absolute atomic E-state index is 0. The van der Waals surface area contributed by atoms with Crippen molar-refractivity contribution in [1.29, 1.82) is 0 Å². The number of aryl methyl sites for hydroxylation is 1. The molecule has 1 aromatic rings. The van der Waals surface area contributed by atoms with Crippen molar-refractivity contribution in [2.24, 2.45) is 0 Å². The van der Waals surface area contributed by atoms with Crippen molar-refractivity contribution in [2.45, 2.75) is 6.42 Å². The van der Waals surface area contributed by atoms with Gasteiger partial charge in [-0.25, -0.2) is 0 Å². The molecule has 0 atom stereocenters. The molecule has 0 heterocycles. The smallest absolute Gasteiger partial charge is 0.811 e. The molecule has 0 fully saturated rings. The zero-order valence-electron chi connectivity index (χ0n) is 9.21. The van der Waals surface area contributed by atoms with Crippen LogP contribution in [0.1, 0.15) is 5.56 Å². The molecule has 2 N–H and O–H groups in total. The van der Waals surface area contributed by atoms with E-state index in [9.17, 15) is 19.5 Å². The number of rotatable bonds is 3. The summed E-state index contributed by atoms with van der Waals surface area (Å²) in [4.78, 5) is 20.7. The number of phenolic OH excluding ortho intramolecular Hbond substituents is 2. The third-order valence-corrected chi connectivity index (χ3v) is 2.52. The van der Waals surface area contributed by atoms with Gasteiger partial charge in [-0.05, 0) is 24.2 Å². The van der Waals surface area contributed by atoms with E-state index in [-0.39, 0.29) is 82.6 Å². The van der Waals surface area contributed by atoms with E-state index < -0.39 is 13.8 Å². The van der Waals surface area contributed by atoms with Gasteiger partial charge in [-0.2, -0.15) is 0 Å². The molecule has 0 bridgehead atoms. The van der Waals surface area contributed by atoms with Gasteiger partial charge in [0.2, 0.25) is 0 Å². The Morgan fingerprint density at radius 1 is 1.19 bits per heavy atom. The maximum Gasteiger partial charge on any atom is 1.00 e. The molecule has 16 heavy (non-hydrogen) atoms. The average molecular weight is 262 g/mol. The van der Waals surface area contributed by atoms with E-state index in [4.69, 9.17) is 5.11 Å². The molecule has 0 aliphatic heterocycles. The summed E-state index contributed by atoms with van der Waals surface area (Å²) in [5.74, 6) is -0.699. The number of aromatic hydroxyl groups is 2. The van der Waals surface area contributed by atoms with E-state index in [1.165, 1.54) is 18.2 Å². The Kier molecular flexibility index (Phi) is 9.82. The molecular formula is C8H9Na2O5P. The van der Waals surface area contributed by atoms with Gasteiger partial charge < -0.3 is 24.6 Å². The van der Waals surface area contributed by atoms with Crippen LogP contribution < -0.4 is 68.9 Å². The van der Waals surface area contributed by atoms with Gasteiger partial charge >= 0.3 is 59.1 Å². The first-order valence-corrected chi connectivity index (χ1v) is 5.64. The van der Waals surface area contributed by atoms with Crippen molar-refractivity contribution >= 4 is 7.60 Å². The van der Waals surface area contributed by atoms with E-state index in [2.05, 4.69) is 0 Å². The monoisotopic (exact) mass is 262 g/mol. The molecule has 0 unspecified atom stereocenters. The number of benzene rings is 1. The minimum atomic E-state index is -4.56. The standard InChI is InChI=1S/C8H11O5P.2Na/c9-7-3-1-2-6(8(7)10)4-5-14(11,12)13;;/h1-3,9-10H,4-5H2,(H2,11,12,13);;/q;2*+1/p-2. The fourth-order valence-corrected chi connectivity index (χ4v) is 1.55. The summed E-state index contributed by atoms with van der Waals surface area (Å²) >= 11 is 0. The molecule has 0 amide bonds. The van der Waals surface area contributed by atoms with Crippen LogP contribution in [0.5, 0.6) is 11.5 Å². The average Bonchev–Trinajstić information content (AvgIpc) is 2.06. The first-order chi connectivity index (χ1) is 6.40. The summed E-state index contributed by atoms with van der Waals surface area (Å²) in [5.41, 5.74) is 0.247. The molecule has 8 heteroatoms. The molecular weight excluding hydrogens is 253 g/mol. The van der Waals surface area contributed by atoms with Gasteiger partial charge in [0.05, 0.1) is 0 Å². The van der Waals surface area contributed by atoms with Crippen LogP contribution in [0.15, 0.2) is 18.2 Å². The number of para-hydroxylation sites is 1. The van der Waals surface area contributed by atoms with E-state index in [1.54, 1.807) is 0 Å². The maximum atomic E-state index is 10.3. The minimum Gasteiger partial charge on any atom is -0.811 e. The molecule has 0 aliphatic rings. The number of hydrogen-bond acceptors (Lipinski definition) is 5. The first kappa shape index (κ1) is 19.3. The zero-order chi connectivity index (χ0) is 10.8. The SMILES string of the molecule is O=P([O-])([O-])CCc1cccc(O)c1O.[Na+].[Na+]. The van der Waals surface area contributed by atoms with Crippen molar-refractivity contribution in [3.05, 3.63) is 23.8 Å². The second kappa shape index (κ2) is 8.14. The molecule has 1 rings (SSSR count). The van der Waals surface area contributed by atoms with Crippen LogP contribution in [0.3, 0.4) is 0 Å². The van der Waals surface area contributed by atoms with Crippen LogP contribution in [-0.4, -0.2) is 16.4 Å². The van der Waals surface area contributed by atoms with Crippen molar-refractivity contribution in [3.63, 3.8) is 0 Å². The van der Waals surface area contributed by atoms with Crippen LogP contribution in [0, 0.1) is 0 Å². The topological polar surface area (TPSA) is 104 Å². The number of phenols is 2. The van der Waals surface area contributed by atoms with Gasteiger partial charge in [-0.1, -0.05) is 19.7 Å². The predicted molar refractivity (Wildman–Crippen MR) is 45.9 cm³/mol. The summed E-state index contributed by atoms with van der Waals surface area (Å²) in [6, 6.07) is 4.18. The van der Waals surface area contributed by atoms with Gasteiger partial charge in [0.25, 0.3) is 0 Å². The Labute approximate surface area is 138 Å². The van der Waals surface area contributed by atoms with Gasteiger partial charge in [0.1, 0.15) is 0 Å². The first-order valence-electron chi connectivity index (χ1n) is 3.91. The number of hydrogen-bond donors (Lipinski definition) is 2. The second-order valence-electron chi connectivity index (χ2n) is 2.87. The molecule has 5 nitrogen and oxygen atoms in total. The van der Waals surface area contributed by atoms with E-state index >= 15 is 0 Å². The molecule has 1 aromatic carbocycles. The quantitative estimate of drug-likeness (QED) is 0.320. The Bertz CT molecular complexity index is 379. The second-order valence-corrected chi connectivity index (χ2v) is 4.54. The fourth-order valence-electron chi connectivity index (χ4n) is 1.04. The molecule has 0 saturated carbocycles. The van der Waals surface area contributed by atoms with Crippen LogP contribution in [0.25, 0.3) is 0 Å². The molecule has 0 aromatic heterocycles. The Morgan fingerprint density at radius 2 is 1.75 bits per heavy atom. The van der Waals surface area contributed by atoms with Crippen molar-refractivity contribution < 1.29 is 83.7 Å². The third kappa shape index (κ3) is 6.64. The Balaban J connectivity index is 0. The fraction of sp³-hybridized carbons (Fsp3) is 0.250. The van der Waals surface area contributed by atoms with Crippen LogP contribution >= 0.6 is 7.60 Å². The Morgan fingerprint density at radius 3 is 2.25 bits per heavy atom. The molecule has 0 radical (unpaired) electrons. The molecule has 0 aliphatic carbocycles. The van der Waals surface area contributed by atoms with Gasteiger partial charge in [-0.3, -0.25) is 0 Å². The van der Waals surface area contributed by atoms with E-state index in [0.717, 1.165) is 0 Å². The summed E-state index contributed by atoms with van der Waals surface area (Å²) in [5, 5.41) is 18.3. The summed E-state index contributed by atoms with van der Waals surface area (Å²) in [6.07, 6.45) is -0.658. The maximum absolute atomic E-state index is 10.3. The van der Waals surface area contributed by atoms with Gasteiger partial charge in [-0.15, -0.1) is 0 Å². The third-order valence-electron chi connectivity index (χ3n) is 1.75. The normalized spacial score (nSPS) is 10.1. The summed E-state index contributed by atoms with van der Waals surface area (Å²) in [6.45, 7) is 0. The molecule has 0 saturated heterocycles. The van der Waals surface area contributed by atoms with Crippen LogP contribution in [-0.2, 0) is 11.0 Å². The molecule has 0 spiro atoms. The van der Waals surface area contributed by atoms with Crippen LogP contribution in [0.4, 0.5) is 0 Å². The Hall–Kier alpha value is 0.970. The van der Waals surface area contributed by atoms with E-state index in [1.807, 2.05) is 0 Å². The summed E-state index contributed by atoms with van der Waals surface area (Å²) < 4.78 is 10.3. The van der Waals surface area contributed by atoms with Gasteiger partial charge in [0.15, 0.2) is 11.5 Å². The van der Waals surface area contributed by atoms with Crippen molar-refractivity contribution in [2.75, 3.05) is 6.16 Å². The molecule has 78 valence electrons. The van der Waals surface area contributed by atoms with E-state index in [0.29, 0.717) is 0 Å². The predicted octanol–water partition coefficient (Wildman–Crippen LogP) is -6.44. The van der Waals surface area contributed by atoms with Crippen molar-refractivity contribution in [1.82, 2.24) is 0 Å². The van der Waals surface area contributed by atoms with Crippen LogP contribution in [0.2, 0.25) is 0 Å². The van der Waals surface area contributed by atoms with Gasteiger partial charge in [0, 0.05) is 0 Å². The summed E-state index contributed by atoms with van der Waals surface area (Å²) in [7, 11) is -4.56. The van der Waals surface area contributed by atoms with Crippen molar-refractivity contribution in [3.8, 4) is 11.5 Å².